The first-order valence-electron chi connectivity index (χ1n) is 5.29. The number of hydrogen-bond acceptors (Lipinski definition) is 3. The smallest absolute Gasteiger partial charge is 0.242 e. The number of halogens is 2. The van der Waals surface area contributed by atoms with E-state index in [1.165, 1.54) is 4.90 Å². The van der Waals surface area contributed by atoms with Gasteiger partial charge in [-0.1, -0.05) is 0 Å². The van der Waals surface area contributed by atoms with Crippen molar-refractivity contribution in [3.8, 4) is 0 Å². The Morgan fingerprint density at radius 3 is 2.59 bits per heavy atom. The van der Waals surface area contributed by atoms with Crippen molar-refractivity contribution < 1.29 is 13.6 Å². The number of nitrogens with zero attached hydrogens (tertiary/aromatic N) is 1. The Bertz CT molecular complexity index is 441. The number of amides is 1. The number of rotatable bonds is 1. The molecular weight excluding hydrogens is 228 g/mol. The first-order chi connectivity index (χ1) is 8.00. The molecule has 1 aromatic carbocycles. The van der Waals surface area contributed by atoms with Crippen molar-refractivity contribution in [2.24, 2.45) is 0 Å². The van der Waals surface area contributed by atoms with Crippen LogP contribution in [-0.4, -0.2) is 25.0 Å². The number of benzene rings is 1. The summed E-state index contributed by atoms with van der Waals surface area (Å²) in [5.41, 5.74) is 5.17. The van der Waals surface area contributed by atoms with Crippen molar-refractivity contribution in [2.45, 2.75) is 13.0 Å². The SMILES string of the molecule is CC1C(=O)NCCN1c1c(F)cc(N)cc1F. The fourth-order valence-electron chi connectivity index (χ4n) is 1.95. The number of nitrogens with two attached hydrogens (primary N) is 1. The molecule has 1 saturated heterocycles. The third-order valence-corrected chi connectivity index (χ3v) is 2.83. The van der Waals surface area contributed by atoms with Gasteiger partial charge in [0.2, 0.25) is 5.91 Å². The summed E-state index contributed by atoms with van der Waals surface area (Å²) in [7, 11) is 0. The second-order valence-corrected chi connectivity index (χ2v) is 3.99. The van der Waals surface area contributed by atoms with Crippen molar-refractivity contribution in [1.82, 2.24) is 5.32 Å². The molecule has 17 heavy (non-hydrogen) atoms. The average molecular weight is 241 g/mol. The van der Waals surface area contributed by atoms with E-state index in [0.717, 1.165) is 12.1 Å². The Balaban J connectivity index is 2.43. The van der Waals surface area contributed by atoms with Gasteiger partial charge in [0.1, 0.15) is 11.7 Å². The van der Waals surface area contributed by atoms with Gasteiger partial charge in [-0.15, -0.1) is 0 Å². The van der Waals surface area contributed by atoms with Crippen LogP contribution in [0.1, 0.15) is 6.92 Å². The molecular formula is C11H13F2N3O. The van der Waals surface area contributed by atoms with E-state index in [2.05, 4.69) is 5.32 Å². The molecule has 0 bridgehead atoms. The molecule has 1 aromatic rings. The molecule has 1 unspecified atom stereocenters. The zero-order chi connectivity index (χ0) is 12.6. The summed E-state index contributed by atoms with van der Waals surface area (Å²) in [6.07, 6.45) is 0. The highest BCUT2D eigenvalue weighted by Gasteiger charge is 2.29. The zero-order valence-electron chi connectivity index (χ0n) is 9.34. The molecule has 1 amide bonds. The van der Waals surface area contributed by atoms with Crippen LogP contribution in [0.25, 0.3) is 0 Å². The lowest BCUT2D eigenvalue weighted by Crippen LogP contribution is -2.54. The van der Waals surface area contributed by atoms with Crippen molar-refractivity contribution in [1.29, 1.82) is 0 Å². The van der Waals surface area contributed by atoms with Crippen LogP contribution in [0.2, 0.25) is 0 Å². The van der Waals surface area contributed by atoms with Crippen LogP contribution in [0, 0.1) is 11.6 Å². The van der Waals surface area contributed by atoms with Gasteiger partial charge in [0, 0.05) is 18.8 Å². The van der Waals surface area contributed by atoms with Crippen molar-refractivity contribution in [3.05, 3.63) is 23.8 Å². The maximum Gasteiger partial charge on any atom is 0.242 e. The second kappa shape index (κ2) is 4.20. The molecule has 2 rings (SSSR count). The van der Waals surface area contributed by atoms with E-state index < -0.39 is 17.7 Å². The van der Waals surface area contributed by atoms with Gasteiger partial charge in [-0.2, -0.15) is 0 Å². The molecule has 0 saturated carbocycles. The highest BCUT2D eigenvalue weighted by atomic mass is 19.1. The molecule has 1 fully saturated rings. The van der Waals surface area contributed by atoms with Gasteiger partial charge in [0.15, 0.2) is 11.6 Å². The molecule has 92 valence electrons. The largest absolute Gasteiger partial charge is 0.399 e. The molecule has 3 N–H and O–H groups in total. The molecule has 1 atom stereocenters. The molecule has 1 heterocycles. The standard InChI is InChI=1S/C11H13F2N3O/c1-6-11(17)15-2-3-16(6)10-8(12)4-7(14)5-9(10)13/h4-6H,2-3,14H2,1H3,(H,15,17). The van der Waals surface area contributed by atoms with Gasteiger partial charge in [-0.3, -0.25) is 4.79 Å². The van der Waals surface area contributed by atoms with Crippen molar-refractivity contribution in [2.75, 3.05) is 23.7 Å². The van der Waals surface area contributed by atoms with Crippen LogP contribution in [0.15, 0.2) is 12.1 Å². The first-order valence-corrected chi connectivity index (χ1v) is 5.29. The molecule has 1 aliphatic rings. The summed E-state index contributed by atoms with van der Waals surface area (Å²) < 4.78 is 27.4. The summed E-state index contributed by atoms with van der Waals surface area (Å²) in [6, 6.07) is 1.51. The van der Waals surface area contributed by atoms with Crippen LogP contribution in [0.3, 0.4) is 0 Å². The quantitative estimate of drug-likeness (QED) is 0.717. The van der Waals surface area contributed by atoms with E-state index >= 15 is 0 Å². The van der Waals surface area contributed by atoms with E-state index in [0.29, 0.717) is 13.1 Å². The first kappa shape index (κ1) is 11.6. The Morgan fingerprint density at radius 1 is 1.41 bits per heavy atom. The summed E-state index contributed by atoms with van der Waals surface area (Å²) in [5.74, 6) is -1.74. The fourth-order valence-corrected chi connectivity index (χ4v) is 1.95. The van der Waals surface area contributed by atoms with Gasteiger partial charge in [0.05, 0.1) is 0 Å². The van der Waals surface area contributed by atoms with Crippen LogP contribution in [0.5, 0.6) is 0 Å². The molecule has 0 aliphatic carbocycles. The van der Waals surface area contributed by atoms with Crippen LogP contribution < -0.4 is 16.0 Å². The second-order valence-electron chi connectivity index (χ2n) is 3.99. The molecule has 0 aromatic heterocycles. The molecule has 6 heteroatoms. The number of piperazine rings is 1. The summed E-state index contributed by atoms with van der Waals surface area (Å²) in [5, 5.41) is 2.63. The van der Waals surface area contributed by atoms with E-state index in [4.69, 9.17) is 5.73 Å². The maximum atomic E-state index is 13.7. The summed E-state index contributed by atoms with van der Waals surface area (Å²) >= 11 is 0. The number of carbonyl (C=O) groups is 1. The Morgan fingerprint density at radius 2 is 2.00 bits per heavy atom. The van der Waals surface area contributed by atoms with Gasteiger partial charge in [-0.25, -0.2) is 8.78 Å². The molecule has 0 spiro atoms. The maximum absolute atomic E-state index is 13.7. The number of nitrogens with one attached hydrogen (secondary N) is 1. The van der Waals surface area contributed by atoms with Crippen molar-refractivity contribution >= 4 is 17.3 Å². The molecule has 0 radical (unpaired) electrons. The Kier molecular flexibility index (Phi) is 2.87. The normalized spacial score (nSPS) is 20.3. The number of nitrogen functional groups attached to an aromatic ring is 1. The van der Waals surface area contributed by atoms with E-state index in [-0.39, 0.29) is 17.3 Å². The summed E-state index contributed by atoms with van der Waals surface area (Å²) in [4.78, 5) is 12.9. The minimum absolute atomic E-state index is 0.0258. The summed E-state index contributed by atoms with van der Waals surface area (Å²) in [6.45, 7) is 2.33. The molecule has 4 nitrogen and oxygen atoms in total. The van der Waals surface area contributed by atoms with Crippen LogP contribution in [-0.2, 0) is 4.79 Å². The monoisotopic (exact) mass is 241 g/mol. The third-order valence-electron chi connectivity index (χ3n) is 2.83. The highest BCUT2D eigenvalue weighted by Crippen LogP contribution is 2.28. The predicted molar refractivity (Wildman–Crippen MR) is 60.6 cm³/mol. The fraction of sp³-hybridized carbons (Fsp3) is 0.364. The van der Waals surface area contributed by atoms with E-state index in [1.54, 1.807) is 6.92 Å². The number of carbonyl (C=O) groups excluding carboxylic acids is 1. The van der Waals surface area contributed by atoms with Gasteiger partial charge >= 0.3 is 0 Å². The number of anilines is 2. The Hall–Kier alpha value is -1.85. The lowest BCUT2D eigenvalue weighted by molar-refractivity contribution is -0.122. The lowest BCUT2D eigenvalue weighted by atomic mass is 10.1. The predicted octanol–water partition coefficient (Wildman–Crippen LogP) is 0.872. The zero-order valence-corrected chi connectivity index (χ0v) is 9.34. The molecule has 1 aliphatic heterocycles. The third kappa shape index (κ3) is 2.02. The lowest BCUT2D eigenvalue weighted by Gasteiger charge is -2.35. The average Bonchev–Trinajstić information content (AvgIpc) is 2.23. The van der Waals surface area contributed by atoms with E-state index in [9.17, 15) is 13.6 Å². The minimum Gasteiger partial charge on any atom is -0.399 e. The van der Waals surface area contributed by atoms with Gasteiger partial charge in [0.25, 0.3) is 0 Å². The van der Waals surface area contributed by atoms with Gasteiger partial charge in [-0.05, 0) is 19.1 Å². The van der Waals surface area contributed by atoms with Crippen LogP contribution in [0.4, 0.5) is 20.2 Å². The Labute approximate surface area is 97.4 Å². The highest BCUT2D eigenvalue weighted by molar-refractivity contribution is 5.86. The topological polar surface area (TPSA) is 58.4 Å². The minimum atomic E-state index is -0.746. The van der Waals surface area contributed by atoms with Crippen molar-refractivity contribution in [3.63, 3.8) is 0 Å². The van der Waals surface area contributed by atoms with Gasteiger partial charge < -0.3 is 16.0 Å². The number of hydrogen-bond donors (Lipinski definition) is 2. The van der Waals surface area contributed by atoms with E-state index in [1.807, 2.05) is 0 Å². The van der Waals surface area contributed by atoms with Crippen LogP contribution >= 0.6 is 0 Å².